The number of carboxylic acids is 1. The molecule has 0 heterocycles. The van der Waals surface area contributed by atoms with Crippen LogP contribution in [0.5, 0.6) is 0 Å². The highest BCUT2D eigenvalue weighted by Gasteiger charge is 2.18. The minimum atomic E-state index is -3.57. The molecule has 0 aliphatic heterocycles. The van der Waals surface area contributed by atoms with Crippen LogP contribution in [0.15, 0.2) is 0 Å². The highest BCUT2D eigenvalue weighted by atomic mass is 32.2. The number of aliphatic carboxylic acids is 1. The molecule has 8 heteroatoms. The molecule has 0 aromatic rings. The Balaban J connectivity index is 4.05. The molecule has 0 unspecified atom stereocenters. The van der Waals surface area contributed by atoms with Crippen molar-refractivity contribution < 1.29 is 23.4 Å². The summed E-state index contributed by atoms with van der Waals surface area (Å²) < 4.78 is 26.5. The van der Waals surface area contributed by atoms with E-state index in [2.05, 4.69) is 4.72 Å². The summed E-state index contributed by atoms with van der Waals surface area (Å²) in [6.07, 6.45) is -0.0539. The normalized spacial score (nSPS) is 13.9. The molecule has 0 fully saturated rings. The zero-order valence-corrected chi connectivity index (χ0v) is 10.9. The summed E-state index contributed by atoms with van der Waals surface area (Å²) in [5.41, 5.74) is 0. The third-order valence-corrected chi connectivity index (χ3v) is 3.80. The largest absolute Gasteiger partial charge is 0.479 e. The van der Waals surface area contributed by atoms with Crippen molar-refractivity contribution in [2.24, 2.45) is 0 Å². The molecule has 17 heavy (non-hydrogen) atoms. The van der Waals surface area contributed by atoms with E-state index in [1.807, 2.05) is 6.92 Å². The first-order chi connectivity index (χ1) is 7.81. The molecule has 3 N–H and O–H groups in total. The van der Waals surface area contributed by atoms with Gasteiger partial charge in [-0.2, -0.15) is 12.7 Å². The van der Waals surface area contributed by atoms with E-state index < -0.39 is 22.3 Å². The van der Waals surface area contributed by atoms with Gasteiger partial charge in [-0.25, -0.2) is 9.52 Å². The molecule has 0 aliphatic carbocycles. The van der Waals surface area contributed by atoms with Crippen LogP contribution in [0.25, 0.3) is 0 Å². The first-order valence-electron chi connectivity index (χ1n) is 5.43. The quantitative estimate of drug-likeness (QED) is 0.517. The lowest BCUT2D eigenvalue weighted by Gasteiger charge is -2.17. The molecule has 0 aromatic carbocycles. The van der Waals surface area contributed by atoms with E-state index in [4.69, 9.17) is 10.2 Å². The minimum Gasteiger partial charge on any atom is -0.479 e. The Labute approximate surface area is 102 Å². The highest BCUT2D eigenvalue weighted by Crippen LogP contribution is 1.99. The van der Waals surface area contributed by atoms with Crippen molar-refractivity contribution in [1.82, 2.24) is 9.03 Å². The summed E-state index contributed by atoms with van der Waals surface area (Å²) in [6.45, 7) is 2.26. The van der Waals surface area contributed by atoms with Gasteiger partial charge in [-0.05, 0) is 12.8 Å². The van der Waals surface area contributed by atoms with Gasteiger partial charge in [0.1, 0.15) is 0 Å². The van der Waals surface area contributed by atoms with Crippen molar-refractivity contribution >= 4 is 16.2 Å². The van der Waals surface area contributed by atoms with E-state index >= 15 is 0 Å². The molecule has 0 spiro atoms. The maximum Gasteiger partial charge on any atom is 0.332 e. The second-order valence-electron chi connectivity index (χ2n) is 3.72. The molecule has 0 saturated heterocycles. The second kappa shape index (κ2) is 7.59. The Kier molecular flexibility index (Phi) is 7.28. The molecule has 7 nitrogen and oxygen atoms in total. The number of aliphatic hydroxyl groups excluding tert-OH is 1. The van der Waals surface area contributed by atoms with Crippen LogP contribution in [0.4, 0.5) is 0 Å². The van der Waals surface area contributed by atoms with Crippen LogP contribution < -0.4 is 4.72 Å². The van der Waals surface area contributed by atoms with Gasteiger partial charge in [0.05, 0.1) is 0 Å². The molecular formula is C9H20N2O5S. The minimum absolute atomic E-state index is 0.105. The van der Waals surface area contributed by atoms with Crippen LogP contribution >= 0.6 is 0 Å². The van der Waals surface area contributed by atoms with Crippen molar-refractivity contribution in [3.05, 3.63) is 0 Å². The van der Waals surface area contributed by atoms with E-state index in [0.717, 1.165) is 12.8 Å². The number of nitrogens with zero attached hydrogens (tertiary/aromatic N) is 1. The molecule has 102 valence electrons. The molecule has 0 radical (unpaired) electrons. The Morgan fingerprint density at radius 1 is 1.47 bits per heavy atom. The maximum atomic E-state index is 11.6. The Bertz CT molecular complexity index is 330. The standard InChI is InChI=1S/C9H20N2O5S/c1-3-4-7-11(2)17(15,16)10-6-5-8(12)9(13)14/h8,10,12H,3-7H2,1-2H3,(H,13,14)/t8-/m0/s1. The highest BCUT2D eigenvalue weighted by molar-refractivity contribution is 7.87. The van der Waals surface area contributed by atoms with Gasteiger partial charge in [-0.1, -0.05) is 13.3 Å². The number of hydrogen-bond donors (Lipinski definition) is 3. The fourth-order valence-corrected chi connectivity index (χ4v) is 2.02. The van der Waals surface area contributed by atoms with Crippen molar-refractivity contribution in [2.75, 3.05) is 20.1 Å². The third-order valence-electron chi connectivity index (χ3n) is 2.22. The van der Waals surface area contributed by atoms with Gasteiger partial charge in [0.25, 0.3) is 10.2 Å². The first-order valence-corrected chi connectivity index (χ1v) is 6.87. The Morgan fingerprint density at radius 2 is 2.06 bits per heavy atom. The zero-order valence-electron chi connectivity index (χ0n) is 10.1. The van der Waals surface area contributed by atoms with E-state index in [9.17, 15) is 13.2 Å². The molecule has 0 saturated carbocycles. The summed E-state index contributed by atoms with van der Waals surface area (Å²) in [7, 11) is -2.12. The predicted octanol–water partition coefficient (Wildman–Crippen LogP) is -0.612. The van der Waals surface area contributed by atoms with E-state index in [1.165, 1.54) is 11.4 Å². The van der Waals surface area contributed by atoms with Gasteiger partial charge >= 0.3 is 5.97 Å². The lowest BCUT2D eigenvalue weighted by Crippen LogP contribution is -2.40. The van der Waals surface area contributed by atoms with Crippen LogP contribution in [0.1, 0.15) is 26.2 Å². The zero-order chi connectivity index (χ0) is 13.5. The van der Waals surface area contributed by atoms with Crippen LogP contribution in [0.3, 0.4) is 0 Å². The number of hydrogen-bond acceptors (Lipinski definition) is 4. The van der Waals surface area contributed by atoms with Crippen molar-refractivity contribution in [3.8, 4) is 0 Å². The second-order valence-corrected chi connectivity index (χ2v) is 5.58. The number of carboxylic acid groups (broad SMARTS) is 1. The summed E-state index contributed by atoms with van der Waals surface area (Å²) in [6, 6.07) is 0. The molecule has 0 amide bonds. The topological polar surface area (TPSA) is 107 Å². The number of nitrogens with one attached hydrogen (secondary N) is 1. The number of aliphatic hydroxyl groups is 1. The van der Waals surface area contributed by atoms with Gasteiger partial charge in [0.2, 0.25) is 0 Å². The van der Waals surface area contributed by atoms with E-state index in [1.54, 1.807) is 0 Å². The van der Waals surface area contributed by atoms with Crippen molar-refractivity contribution in [2.45, 2.75) is 32.3 Å². The van der Waals surface area contributed by atoms with Gasteiger partial charge < -0.3 is 10.2 Å². The average Bonchev–Trinajstić information content (AvgIpc) is 2.25. The third kappa shape index (κ3) is 6.57. The van der Waals surface area contributed by atoms with Crippen molar-refractivity contribution in [3.63, 3.8) is 0 Å². The monoisotopic (exact) mass is 268 g/mol. The van der Waals surface area contributed by atoms with Gasteiger partial charge in [-0.3, -0.25) is 0 Å². The van der Waals surface area contributed by atoms with Crippen molar-refractivity contribution in [1.29, 1.82) is 0 Å². The van der Waals surface area contributed by atoms with Gasteiger partial charge in [0.15, 0.2) is 6.10 Å². The lowest BCUT2D eigenvalue weighted by atomic mass is 10.3. The summed E-state index contributed by atoms with van der Waals surface area (Å²) in [5, 5.41) is 17.4. The first kappa shape index (κ1) is 16.3. The van der Waals surface area contributed by atoms with E-state index in [0.29, 0.717) is 6.54 Å². The number of carbonyl (C=O) groups is 1. The fourth-order valence-electron chi connectivity index (χ4n) is 1.06. The molecule has 0 rings (SSSR count). The Hall–Kier alpha value is -0.700. The van der Waals surface area contributed by atoms with Crippen LogP contribution in [-0.4, -0.2) is 55.1 Å². The fraction of sp³-hybridized carbons (Fsp3) is 0.889. The van der Waals surface area contributed by atoms with Crippen LogP contribution in [-0.2, 0) is 15.0 Å². The molecule has 0 bridgehead atoms. The maximum absolute atomic E-state index is 11.6. The van der Waals surface area contributed by atoms with Crippen LogP contribution in [0.2, 0.25) is 0 Å². The molecule has 0 aromatic heterocycles. The number of rotatable bonds is 9. The summed E-state index contributed by atoms with van der Waals surface area (Å²) >= 11 is 0. The number of unbranched alkanes of at least 4 members (excludes halogenated alkanes) is 1. The molecular weight excluding hydrogens is 248 g/mol. The van der Waals surface area contributed by atoms with Gasteiger partial charge in [-0.15, -0.1) is 0 Å². The lowest BCUT2D eigenvalue weighted by molar-refractivity contribution is -0.146. The molecule has 0 aliphatic rings. The average molecular weight is 268 g/mol. The summed E-state index contributed by atoms with van der Waals surface area (Å²) in [5.74, 6) is -1.36. The summed E-state index contributed by atoms with van der Waals surface area (Å²) in [4.78, 5) is 10.3. The van der Waals surface area contributed by atoms with Crippen LogP contribution in [0, 0.1) is 0 Å². The van der Waals surface area contributed by atoms with E-state index in [-0.39, 0.29) is 13.0 Å². The smallest absolute Gasteiger partial charge is 0.332 e. The predicted molar refractivity (Wildman–Crippen MR) is 62.7 cm³/mol. The molecule has 1 atom stereocenters. The SMILES string of the molecule is CCCCN(C)S(=O)(=O)NCC[C@H](O)C(=O)O. The Morgan fingerprint density at radius 3 is 2.53 bits per heavy atom. The van der Waals surface area contributed by atoms with Gasteiger partial charge in [0, 0.05) is 20.1 Å².